The Bertz CT molecular complexity index is 715. The van der Waals surface area contributed by atoms with Crippen LogP contribution in [0.4, 0.5) is 0 Å². The highest BCUT2D eigenvalue weighted by Gasteiger charge is 2.68. The number of aliphatic carboxylic acids is 1. The molecule has 4 aliphatic rings. The predicted molar refractivity (Wildman–Crippen MR) is 96.7 cm³/mol. The van der Waals surface area contributed by atoms with Gasteiger partial charge in [-0.05, 0) is 67.8 Å². The van der Waals surface area contributed by atoms with Crippen molar-refractivity contribution < 1.29 is 30.0 Å². The lowest BCUT2D eigenvalue weighted by Crippen LogP contribution is -2.63. The molecule has 4 aliphatic carbocycles. The van der Waals surface area contributed by atoms with E-state index in [1.807, 2.05) is 6.92 Å². The lowest BCUT2D eigenvalue weighted by Gasteiger charge is -2.61. The van der Waals surface area contributed by atoms with Crippen LogP contribution in [0.5, 0.6) is 0 Å². The summed E-state index contributed by atoms with van der Waals surface area (Å²) in [5, 5.41) is 42.0. The molecule has 27 heavy (non-hydrogen) atoms. The Labute approximate surface area is 159 Å². The zero-order chi connectivity index (χ0) is 19.8. The van der Waals surface area contributed by atoms with Crippen molar-refractivity contribution in [3.05, 3.63) is 11.6 Å². The van der Waals surface area contributed by atoms with Gasteiger partial charge < -0.3 is 20.4 Å². The molecule has 4 rings (SSSR count). The van der Waals surface area contributed by atoms with E-state index in [-0.39, 0.29) is 41.8 Å². The van der Waals surface area contributed by atoms with Gasteiger partial charge in [-0.2, -0.15) is 0 Å². The van der Waals surface area contributed by atoms with Crippen LogP contribution in [0.1, 0.15) is 58.8 Å². The molecule has 0 aliphatic heterocycles. The van der Waals surface area contributed by atoms with Crippen molar-refractivity contribution in [1.29, 1.82) is 0 Å². The molecule has 0 aromatic heterocycles. The van der Waals surface area contributed by atoms with Gasteiger partial charge in [-0.25, -0.2) is 4.79 Å². The van der Waals surface area contributed by atoms with E-state index in [0.717, 1.165) is 24.8 Å². The van der Waals surface area contributed by atoms with Gasteiger partial charge in [0.2, 0.25) is 0 Å². The number of ketones is 1. The van der Waals surface area contributed by atoms with Crippen LogP contribution >= 0.6 is 0 Å². The Hall–Kier alpha value is -1.24. The maximum atomic E-state index is 11.9. The molecule has 0 heterocycles. The average molecular weight is 378 g/mol. The zero-order valence-electron chi connectivity index (χ0n) is 16.0. The summed E-state index contributed by atoms with van der Waals surface area (Å²) in [6.45, 7) is 4.00. The smallest absolute Gasteiger partial charge is 0.335 e. The third kappa shape index (κ3) is 2.36. The molecule has 150 valence electrons. The topological polar surface area (TPSA) is 115 Å². The molecular weight excluding hydrogens is 348 g/mol. The summed E-state index contributed by atoms with van der Waals surface area (Å²) in [4.78, 5) is 23.3. The van der Waals surface area contributed by atoms with Gasteiger partial charge in [0.05, 0.1) is 6.10 Å². The first-order valence-corrected chi connectivity index (χ1v) is 10.1. The Kier molecular flexibility index (Phi) is 4.16. The van der Waals surface area contributed by atoms with Crippen molar-refractivity contribution in [3.8, 4) is 0 Å². The van der Waals surface area contributed by atoms with E-state index in [4.69, 9.17) is 0 Å². The Morgan fingerprint density at radius 1 is 1.22 bits per heavy atom. The molecule has 0 aromatic rings. The fourth-order valence-electron chi connectivity index (χ4n) is 7.38. The molecule has 0 amide bonds. The quantitative estimate of drug-likeness (QED) is 0.581. The number of rotatable bonds is 2. The highest BCUT2D eigenvalue weighted by atomic mass is 16.4. The largest absolute Gasteiger partial charge is 0.479 e. The standard InChI is InChI=1S/C21H30O6/c1-19-7-5-12(22)9-11(19)3-4-13-14-6-8-21(27,17(24)18(25)26)20(14,2)10-15(23)16(13)19/h9,13-17,23-24,27H,3-8,10H2,1-2H3,(H,25,26)/t13-,14-,15-,16+,17-,19-,20-,21-/m0/s1. The third-order valence-corrected chi connectivity index (χ3v) is 8.80. The monoisotopic (exact) mass is 378 g/mol. The lowest BCUT2D eigenvalue weighted by atomic mass is 9.45. The van der Waals surface area contributed by atoms with Crippen LogP contribution in [0, 0.1) is 28.6 Å². The van der Waals surface area contributed by atoms with Gasteiger partial charge in [0.1, 0.15) is 5.60 Å². The molecule has 6 nitrogen and oxygen atoms in total. The molecule has 0 spiro atoms. The van der Waals surface area contributed by atoms with Crippen LogP contribution in [0.25, 0.3) is 0 Å². The fourth-order valence-corrected chi connectivity index (χ4v) is 7.38. The van der Waals surface area contributed by atoms with E-state index < -0.39 is 29.2 Å². The average Bonchev–Trinajstić information content (AvgIpc) is 2.86. The van der Waals surface area contributed by atoms with Crippen molar-refractivity contribution in [2.45, 2.75) is 76.6 Å². The summed E-state index contributed by atoms with van der Waals surface area (Å²) in [7, 11) is 0. The number of carboxylic acid groups (broad SMARTS) is 1. The molecule has 0 saturated heterocycles. The summed E-state index contributed by atoms with van der Waals surface area (Å²) >= 11 is 0. The van der Waals surface area contributed by atoms with Crippen LogP contribution in [-0.4, -0.2) is 50.0 Å². The molecule has 0 unspecified atom stereocenters. The van der Waals surface area contributed by atoms with Crippen molar-refractivity contribution in [3.63, 3.8) is 0 Å². The van der Waals surface area contributed by atoms with Crippen LogP contribution in [0.3, 0.4) is 0 Å². The minimum atomic E-state index is -1.85. The number of aliphatic hydroxyl groups is 3. The van der Waals surface area contributed by atoms with E-state index >= 15 is 0 Å². The van der Waals surface area contributed by atoms with Crippen molar-refractivity contribution in [1.82, 2.24) is 0 Å². The Morgan fingerprint density at radius 3 is 2.59 bits per heavy atom. The van der Waals surface area contributed by atoms with Gasteiger partial charge >= 0.3 is 5.97 Å². The minimum absolute atomic E-state index is 0.00740. The van der Waals surface area contributed by atoms with Crippen molar-refractivity contribution in [2.24, 2.45) is 28.6 Å². The maximum Gasteiger partial charge on any atom is 0.335 e. The number of fused-ring (bicyclic) bond motifs is 5. The fraction of sp³-hybridized carbons (Fsp3) is 0.810. The van der Waals surface area contributed by atoms with Crippen LogP contribution in [0.15, 0.2) is 11.6 Å². The first-order chi connectivity index (χ1) is 12.5. The molecule has 3 saturated carbocycles. The molecule has 0 bridgehead atoms. The van der Waals surface area contributed by atoms with Gasteiger partial charge in [-0.1, -0.05) is 19.4 Å². The molecular formula is C21H30O6. The molecule has 0 radical (unpaired) electrons. The van der Waals surface area contributed by atoms with E-state index in [2.05, 4.69) is 6.92 Å². The van der Waals surface area contributed by atoms with E-state index in [0.29, 0.717) is 12.8 Å². The van der Waals surface area contributed by atoms with Crippen LogP contribution < -0.4 is 0 Å². The molecule has 8 atom stereocenters. The van der Waals surface area contributed by atoms with E-state index in [1.165, 1.54) is 0 Å². The lowest BCUT2D eigenvalue weighted by molar-refractivity contribution is -0.210. The van der Waals surface area contributed by atoms with Gasteiger partial charge in [-0.3, -0.25) is 4.79 Å². The highest BCUT2D eigenvalue weighted by Crippen LogP contribution is 2.67. The van der Waals surface area contributed by atoms with Gasteiger partial charge in [0, 0.05) is 11.8 Å². The number of carboxylic acids is 1. The predicted octanol–water partition coefficient (Wildman–Crippen LogP) is 1.67. The number of hydrogen-bond acceptors (Lipinski definition) is 5. The molecule has 4 N–H and O–H groups in total. The first-order valence-electron chi connectivity index (χ1n) is 10.1. The van der Waals surface area contributed by atoms with Gasteiger partial charge in [-0.15, -0.1) is 0 Å². The SMILES string of the molecule is C[C@]12CCC(=O)C=C1CC[C@@H]1[C@@H]2[C@@H](O)C[C@@]2(C)[C@H]1CC[C@]2(O)[C@@H](O)C(=O)O. The summed E-state index contributed by atoms with van der Waals surface area (Å²) in [6, 6.07) is 0. The van der Waals surface area contributed by atoms with Gasteiger partial charge in [0.25, 0.3) is 0 Å². The second-order valence-corrected chi connectivity index (χ2v) is 9.78. The van der Waals surface area contributed by atoms with E-state index in [9.17, 15) is 30.0 Å². The van der Waals surface area contributed by atoms with Crippen LogP contribution in [0.2, 0.25) is 0 Å². The van der Waals surface area contributed by atoms with Crippen LogP contribution in [-0.2, 0) is 9.59 Å². The first kappa shape index (κ1) is 19.1. The summed E-state index contributed by atoms with van der Waals surface area (Å²) < 4.78 is 0. The van der Waals surface area contributed by atoms with Gasteiger partial charge in [0.15, 0.2) is 11.9 Å². The number of aliphatic hydroxyl groups excluding tert-OH is 2. The number of carbonyl (C=O) groups is 2. The zero-order valence-corrected chi connectivity index (χ0v) is 16.0. The summed E-state index contributed by atoms with van der Waals surface area (Å²) in [5.41, 5.74) is -1.65. The third-order valence-electron chi connectivity index (χ3n) is 8.80. The second kappa shape index (κ2) is 5.88. The minimum Gasteiger partial charge on any atom is -0.479 e. The molecule has 3 fully saturated rings. The number of hydrogen-bond donors (Lipinski definition) is 4. The Balaban J connectivity index is 1.73. The van der Waals surface area contributed by atoms with E-state index in [1.54, 1.807) is 6.08 Å². The molecule has 6 heteroatoms. The second-order valence-electron chi connectivity index (χ2n) is 9.78. The Morgan fingerprint density at radius 2 is 1.93 bits per heavy atom. The summed E-state index contributed by atoms with van der Waals surface area (Å²) in [6.07, 6.45) is 3.27. The maximum absolute atomic E-state index is 11.9. The number of allylic oxidation sites excluding steroid dienone is 1. The normalized spacial score (nSPS) is 50.3. The number of carbonyl (C=O) groups excluding carboxylic acids is 1. The summed E-state index contributed by atoms with van der Waals surface area (Å²) in [5.74, 6) is -1.03. The molecule has 0 aromatic carbocycles. The van der Waals surface area contributed by atoms with Crippen molar-refractivity contribution >= 4 is 11.8 Å². The van der Waals surface area contributed by atoms with Crippen molar-refractivity contribution in [2.75, 3.05) is 0 Å². The highest BCUT2D eigenvalue weighted by molar-refractivity contribution is 5.91.